The van der Waals surface area contributed by atoms with Gasteiger partial charge in [-0.25, -0.2) is 9.97 Å². The summed E-state index contributed by atoms with van der Waals surface area (Å²) < 4.78 is 2.39. The Bertz CT molecular complexity index is 3450. The summed E-state index contributed by atoms with van der Waals surface area (Å²) in [6.07, 6.45) is 0. The van der Waals surface area contributed by atoms with E-state index in [1.807, 2.05) is 0 Å². The van der Waals surface area contributed by atoms with Gasteiger partial charge in [0.05, 0.1) is 27.7 Å². The van der Waals surface area contributed by atoms with E-state index in [-0.39, 0.29) is 0 Å². The third kappa shape index (κ3) is 3.67. The lowest BCUT2D eigenvalue weighted by atomic mass is 9.70. The quantitative estimate of drug-likeness (QED) is 0.179. The maximum atomic E-state index is 5.63. The van der Waals surface area contributed by atoms with Crippen molar-refractivity contribution in [1.82, 2.24) is 14.5 Å². The van der Waals surface area contributed by atoms with Crippen LogP contribution in [0, 0.1) is 0 Å². The van der Waals surface area contributed by atoms with Gasteiger partial charge in [-0.15, -0.1) is 0 Å². The first-order valence-electron chi connectivity index (χ1n) is 19.3. The van der Waals surface area contributed by atoms with Crippen molar-refractivity contribution in [2.24, 2.45) is 0 Å². The van der Waals surface area contributed by atoms with Gasteiger partial charge in [-0.2, -0.15) is 0 Å². The summed E-state index contributed by atoms with van der Waals surface area (Å²) in [5.41, 5.74) is 15.0. The molecule has 0 atom stereocenters. The molecule has 9 aromatic carbocycles. The second-order valence-electron chi connectivity index (χ2n) is 15.2. The normalized spacial score (nSPS) is 13.5. The summed E-state index contributed by atoms with van der Waals surface area (Å²) in [5, 5.41) is 8.35. The van der Waals surface area contributed by atoms with Crippen LogP contribution in [0.15, 0.2) is 188 Å². The van der Waals surface area contributed by atoms with Gasteiger partial charge in [0, 0.05) is 27.3 Å². The van der Waals surface area contributed by atoms with E-state index in [1.54, 1.807) is 0 Å². The highest BCUT2D eigenvalue weighted by atomic mass is 15.2. The molecule has 0 radical (unpaired) electrons. The minimum absolute atomic E-state index is 0.564. The highest BCUT2D eigenvalue weighted by molar-refractivity contribution is 6.27. The van der Waals surface area contributed by atoms with E-state index in [9.17, 15) is 0 Å². The predicted octanol–water partition coefficient (Wildman–Crippen LogP) is 13.0. The lowest BCUT2D eigenvalue weighted by molar-refractivity contribution is 0.796. The van der Waals surface area contributed by atoms with Crippen LogP contribution in [-0.2, 0) is 5.41 Å². The van der Waals surface area contributed by atoms with Crippen LogP contribution in [0.1, 0.15) is 22.3 Å². The smallest absolute Gasteiger partial charge is 0.235 e. The number of fused-ring (bicyclic) bond motifs is 19. The van der Waals surface area contributed by atoms with Gasteiger partial charge < -0.3 is 0 Å². The number of hydrogen-bond acceptors (Lipinski definition) is 2. The lowest BCUT2D eigenvalue weighted by Crippen LogP contribution is -2.26. The molecule has 2 heterocycles. The highest BCUT2D eigenvalue weighted by Gasteiger charge is 2.53. The molecule has 56 heavy (non-hydrogen) atoms. The van der Waals surface area contributed by atoms with E-state index in [1.165, 1.54) is 76.8 Å². The fraction of sp³-hybridized carbons (Fsp3) is 0.0189. The van der Waals surface area contributed by atoms with Gasteiger partial charge in [-0.1, -0.05) is 170 Å². The van der Waals surface area contributed by atoms with Gasteiger partial charge in [0.1, 0.15) is 0 Å². The monoisotopic (exact) mass is 709 g/mol. The number of benzene rings is 9. The fourth-order valence-electron chi connectivity index (χ4n) is 10.5. The lowest BCUT2D eigenvalue weighted by Gasteiger charge is -2.31. The first kappa shape index (κ1) is 30.0. The fourth-order valence-corrected chi connectivity index (χ4v) is 10.5. The standard InChI is InChI=1S/C53H31N3/c1-2-16-33-31-34(30-29-32(33)15-1)50-40-22-8-13-27-45(40)54-52(55-50)56-46-28-14-9-23-41(46)48-38-20-4-3-19-37(38)47-39-21-7-12-26-44(39)53(49(47)51(48)56)42-24-10-5-17-35(42)36-18-6-11-25-43(36)53/h1-31H. The van der Waals surface area contributed by atoms with Crippen LogP contribution < -0.4 is 0 Å². The van der Waals surface area contributed by atoms with Crippen molar-refractivity contribution in [2.45, 2.75) is 5.41 Å². The third-order valence-electron chi connectivity index (χ3n) is 12.6. The van der Waals surface area contributed by atoms with E-state index >= 15 is 0 Å². The maximum Gasteiger partial charge on any atom is 0.235 e. The molecule has 0 fully saturated rings. The van der Waals surface area contributed by atoms with Gasteiger partial charge in [0.25, 0.3) is 0 Å². The Morgan fingerprint density at radius 2 is 1.00 bits per heavy atom. The second-order valence-corrected chi connectivity index (χ2v) is 15.2. The molecule has 2 aromatic heterocycles. The molecule has 2 aliphatic rings. The van der Waals surface area contributed by atoms with E-state index in [0.29, 0.717) is 5.95 Å². The number of para-hydroxylation sites is 2. The Morgan fingerprint density at radius 1 is 0.429 bits per heavy atom. The van der Waals surface area contributed by atoms with E-state index in [2.05, 4.69) is 193 Å². The SMILES string of the molecule is c1ccc2c(c1)-c1ccccc1C21c2ccccc2-c2c1c1c(c3ccccc23)c2ccccc2n1-c1nc(-c2ccc3ccccc3c2)c2ccccc2n1. The van der Waals surface area contributed by atoms with Crippen LogP contribution >= 0.6 is 0 Å². The Kier molecular flexibility index (Phi) is 5.83. The molecule has 0 saturated heterocycles. The van der Waals surface area contributed by atoms with Crippen molar-refractivity contribution >= 4 is 54.3 Å². The van der Waals surface area contributed by atoms with Gasteiger partial charge in [-0.3, -0.25) is 4.57 Å². The molecule has 13 rings (SSSR count). The second kappa shape index (κ2) is 10.9. The molecule has 1 spiro atoms. The minimum Gasteiger partial charge on any atom is -0.277 e. The van der Waals surface area contributed by atoms with Crippen LogP contribution in [0.3, 0.4) is 0 Å². The molecule has 0 bridgehead atoms. The average Bonchev–Trinajstić information content (AvgIpc) is 3.88. The van der Waals surface area contributed by atoms with E-state index in [4.69, 9.17) is 9.97 Å². The van der Waals surface area contributed by atoms with Crippen molar-refractivity contribution in [2.75, 3.05) is 0 Å². The van der Waals surface area contributed by atoms with Crippen LogP contribution in [0.5, 0.6) is 0 Å². The summed E-state index contributed by atoms with van der Waals surface area (Å²) in [7, 11) is 0. The summed E-state index contributed by atoms with van der Waals surface area (Å²) in [4.78, 5) is 11.1. The molecule has 258 valence electrons. The van der Waals surface area contributed by atoms with Gasteiger partial charge in [0.15, 0.2) is 0 Å². The van der Waals surface area contributed by atoms with Crippen molar-refractivity contribution in [3.63, 3.8) is 0 Å². The van der Waals surface area contributed by atoms with Crippen LogP contribution in [-0.4, -0.2) is 14.5 Å². The summed E-state index contributed by atoms with van der Waals surface area (Å²) in [5.74, 6) is 0.668. The summed E-state index contributed by atoms with van der Waals surface area (Å²) in [6.45, 7) is 0. The zero-order chi connectivity index (χ0) is 36.5. The number of nitrogens with zero attached hydrogens (tertiary/aromatic N) is 3. The molecule has 0 unspecified atom stereocenters. The van der Waals surface area contributed by atoms with Crippen LogP contribution in [0.25, 0.3) is 93.7 Å². The molecule has 0 N–H and O–H groups in total. The molecule has 2 aliphatic carbocycles. The Hall–Kier alpha value is -7.36. The van der Waals surface area contributed by atoms with Crippen molar-refractivity contribution in [1.29, 1.82) is 0 Å². The predicted molar refractivity (Wildman–Crippen MR) is 231 cm³/mol. The number of hydrogen-bond donors (Lipinski definition) is 0. The zero-order valence-corrected chi connectivity index (χ0v) is 30.2. The van der Waals surface area contributed by atoms with Gasteiger partial charge in [0.2, 0.25) is 5.95 Å². The average molecular weight is 710 g/mol. The highest BCUT2D eigenvalue weighted by Crippen LogP contribution is 2.66. The Morgan fingerprint density at radius 3 is 1.77 bits per heavy atom. The Labute approximate surface area is 322 Å². The van der Waals surface area contributed by atoms with Crippen molar-refractivity contribution in [3.8, 4) is 39.5 Å². The zero-order valence-electron chi connectivity index (χ0n) is 30.2. The van der Waals surface area contributed by atoms with Crippen LogP contribution in [0.2, 0.25) is 0 Å². The third-order valence-corrected chi connectivity index (χ3v) is 12.6. The number of rotatable bonds is 2. The molecule has 0 saturated carbocycles. The minimum atomic E-state index is -0.564. The molecular formula is C53H31N3. The molecular weight excluding hydrogens is 679 g/mol. The topological polar surface area (TPSA) is 30.7 Å². The maximum absolute atomic E-state index is 5.63. The van der Waals surface area contributed by atoms with E-state index in [0.717, 1.165) is 33.2 Å². The molecule has 0 aliphatic heterocycles. The van der Waals surface area contributed by atoms with Gasteiger partial charge >= 0.3 is 0 Å². The summed E-state index contributed by atoms with van der Waals surface area (Å²) >= 11 is 0. The molecule has 3 heteroatoms. The first-order valence-corrected chi connectivity index (χ1v) is 19.3. The van der Waals surface area contributed by atoms with Gasteiger partial charge in [-0.05, 0) is 78.7 Å². The molecule has 0 amide bonds. The largest absolute Gasteiger partial charge is 0.277 e. The number of aromatic nitrogens is 3. The van der Waals surface area contributed by atoms with Crippen molar-refractivity contribution in [3.05, 3.63) is 210 Å². The molecule has 11 aromatic rings. The first-order chi connectivity index (χ1) is 27.8. The molecule has 3 nitrogen and oxygen atoms in total. The summed E-state index contributed by atoms with van der Waals surface area (Å²) in [6, 6.07) is 68.8. The van der Waals surface area contributed by atoms with Crippen LogP contribution in [0.4, 0.5) is 0 Å². The Balaban J connectivity index is 1.26. The van der Waals surface area contributed by atoms with E-state index < -0.39 is 5.41 Å². The van der Waals surface area contributed by atoms with Crippen molar-refractivity contribution < 1.29 is 0 Å².